The van der Waals surface area contributed by atoms with Gasteiger partial charge in [0.15, 0.2) is 0 Å². The molecule has 18 heavy (non-hydrogen) atoms. The van der Waals surface area contributed by atoms with Crippen LogP contribution in [0, 0.1) is 0 Å². The molecule has 0 aliphatic carbocycles. The van der Waals surface area contributed by atoms with Gasteiger partial charge in [0.05, 0.1) is 6.61 Å². The van der Waals surface area contributed by atoms with Gasteiger partial charge in [-0.05, 0) is 30.3 Å². The highest BCUT2D eigenvalue weighted by molar-refractivity contribution is 7.99. The van der Waals surface area contributed by atoms with Gasteiger partial charge in [-0.1, -0.05) is 18.7 Å². The van der Waals surface area contributed by atoms with Crippen LogP contribution in [0.15, 0.2) is 5.16 Å². The van der Waals surface area contributed by atoms with Crippen LogP contribution in [0.2, 0.25) is 0 Å². The maximum Gasteiger partial charge on any atom is 0.323 e. The lowest BCUT2D eigenvalue weighted by Gasteiger charge is -2.15. The SMILES string of the molecule is CCCNC(CSc1nnnn1C)C(=O)OCC. The first-order valence-electron chi connectivity index (χ1n) is 5.94. The zero-order valence-corrected chi connectivity index (χ0v) is 11.7. The van der Waals surface area contributed by atoms with Crippen LogP contribution in [0.25, 0.3) is 0 Å². The van der Waals surface area contributed by atoms with Gasteiger partial charge >= 0.3 is 5.97 Å². The van der Waals surface area contributed by atoms with Crippen molar-refractivity contribution in [1.29, 1.82) is 0 Å². The Morgan fingerprint density at radius 3 is 2.89 bits per heavy atom. The van der Waals surface area contributed by atoms with E-state index in [-0.39, 0.29) is 12.0 Å². The van der Waals surface area contributed by atoms with Crippen molar-refractivity contribution in [3.63, 3.8) is 0 Å². The van der Waals surface area contributed by atoms with E-state index in [0.29, 0.717) is 17.5 Å². The third kappa shape index (κ3) is 4.61. The van der Waals surface area contributed by atoms with Gasteiger partial charge in [-0.2, -0.15) is 0 Å². The van der Waals surface area contributed by atoms with Crippen LogP contribution in [-0.2, 0) is 16.6 Å². The molecule has 0 aliphatic heterocycles. The lowest BCUT2D eigenvalue weighted by Crippen LogP contribution is -2.40. The van der Waals surface area contributed by atoms with Crippen LogP contribution in [0.4, 0.5) is 0 Å². The Labute approximate surface area is 111 Å². The Morgan fingerprint density at radius 1 is 1.56 bits per heavy atom. The van der Waals surface area contributed by atoms with E-state index >= 15 is 0 Å². The molecule has 0 aliphatic rings. The van der Waals surface area contributed by atoms with Crippen molar-refractivity contribution >= 4 is 17.7 Å². The first-order valence-corrected chi connectivity index (χ1v) is 6.92. The largest absolute Gasteiger partial charge is 0.465 e. The summed E-state index contributed by atoms with van der Waals surface area (Å²) in [6.07, 6.45) is 0.964. The number of nitrogens with zero attached hydrogens (tertiary/aromatic N) is 4. The zero-order valence-electron chi connectivity index (χ0n) is 10.9. The van der Waals surface area contributed by atoms with Crippen LogP contribution in [0.1, 0.15) is 20.3 Å². The van der Waals surface area contributed by atoms with Crippen molar-refractivity contribution in [2.24, 2.45) is 7.05 Å². The minimum absolute atomic E-state index is 0.228. The average Bonchev–Trinajstić information content (AvgIpc) is 2.75. The summed E-state index contributed by atoms with van der Waals surface area (Å²) in [4.78, 5) is 11.7. The van der Waals surface area contributed by atoms with E-state index < -0.39 is 0 Å². The minimum Gasteiger partial charge on any atom is -0.465 e. The molecule has 8 heteroatoms. The standard InChI is InChI=1S/C10H19N5O2S/c1-4-6-11-8(9(16)17-5-2)7-18-10-12-13-14-15(10)3/h8,11H,4-7H2,1-3H3. The Balaban J connectivity index is 2.50. The number of nitrogens with one attached hydrogen (secondary N) is 1. The second-order valence-electron chi connectivity index (χ2n) is 3.65. The topological polar surface area (TPSA) is 81.9 Å². The first kappa shape index (κ1) is 14.9. The highest BCUT2D eigenvalue weighted by Crippen LogP contribution is 2.14. The third-order valence-electron chi connectivity index (χ3n) is 2.17. The molecule has 0 radical (unpaired) electrons. The summed E-state index contributed by atoms with van der Waals surface area (Å²) in [5, 5.41) is 15.0. The molecule has 1 rings (SSSR count). The number of ether oxygens (including phenoxy) is 1. The molecular weight excluding hydrogens is 254 g/mol. The molecule has 1 N–H and O–H groups in total. The lowest BCUT2D eigenvalue weighted by atomic mass is 10.3. The summed E-state index contributed by atoms with van der Waals surface area (Å²) in [6.45, 7) is 5.02. The van der Waals surface area contributed by atoms with E-state index in [4.69, 9.17) is 4.74 Å². The molecule has 0 saturated heterocycles. The summed E-state index contributed by atoms with van der Waals surface area (Å²) < 4.78 is 6.60. The number of rotatable bonds is 8. The molecule has 1 aromatic heterocycles. The van der Waals surface area contributed by atoms with Crippen LogP contribution < -0.4 is 5.32 Å². The smallest absolute Gasteiger partial charge is 0.323 e. The molecule has 0 bridgehead atoms. The second kappa shape index (κ2) is 8.04. The predicted molar refractivity (Wildman–Crippen MR) is 68.2 cm³/mol. The molecule has 0 saturated carbocycles. The van der Waals surface area contributed by atoms with Crippen molar-refractivity contribution in [3.05, 3.63) is 0 Å². The zero-order chi connectivity index (χ0) is 13.4. The van der Waals surface area contributed by atoms with Gasteiger partial charge in [-0.25, -0.2) is 4.68 Å². The number of carbonyl (C=O) groups is 1. The van der Waals surface area contributed by atoms with Gasteiger partial charge < -0.3 is 10.1 Å². The lowest BCUT2D eigenvalue weighted by molar-refractivity contribution is -0.144. The second-order valence-corrected chi connectivity index (χ2v) is 4.64. The van der Waals surface area contributed by atoms with Crippen molar-refractivity contribution in [1.82, 2.24) is 25.5 Å². The Morgan fingerprint density at radius 2 is 2.33 bits per heavy atom. The first-order chi connectivity index (χ1) is 8.69. The number of aryl methyl sites for hydroxylation is 1. The van der Waals surface area contributed by atoms with E-state index in [1.165, 1.54) is 11.8 Å². The molecule has 7 nitrogen and oxygen atoms in total. The number of esters is 1. The van der Waals surface area contributed by atoms with Crippen LogP contribution in [0.3, 0.4) is 0 Å². The number of tetrazole rings is 1. The van der Waals surface area contributed by atoms with Gasteiger partial charge in [0, 0.05) is 12.8 Å². The molecule has 0 amide bonds. The fourth-order valence-electron chi connectivity index (χ4n) is 1.27. The molecule has 0 spiro atoms. The Hall–Kier alpha value is -1.15. The minimum atomic E-state index is -0.327. The summed E-state index contributed by atoms with van der Waals surface area (Å²) in [6, 6.07) is -0.327. The summed E-state index contributed by atoms with van der Waals surface area (Å²) >= 11 is 1.43. The number of thioether (sulfide) groups is 1. The molecule has 1 aromatic rings. The van der Waals surface area contributed by atoms with E-state index in [1.807, 2.05) is 0 Å². The highest BCUT2D eigenvalue weighted by Gasteiger charge is 2.20. The molecular formula is C10H19N5O2S. The van der Waals surface area contributed by atoms with Gasteiger partial charge in [-0.3, -0.25) is 4.79 Å². The number of hydrogen-bond donors (Lipinski definition) is 1. The van der Waals surface area contributed by atoms with E-state index in [0.717, 1.165) is 13.0 Å². The Kier molecular flexibility index (Phi) is 6.66. The van der Waals surface area contributed by atoms with Crippen LogP contribution >= 0.6 is 11.8 Å². The van der Waals surface area contributed by atoms with Crippen molar-refractivity contribution in [2.75, 3.05) is 18.9 Å². The molecule has 1 atom stereocenters. The van der Waals surface area contributed by atoms with Crippen molar-refractivity contribution in [3.8, 4) is 0 Å². The third-order valence-corrected chi connectivity index (χ3v) is 3.28. The van der Waals surface area contributed by atoms with Crippen LogP contribution in [-0.4, -0.2) is 51.1 Å². The fourth-order valence-corrected chi connectivity index (χ4v) is 2.16. The molecule has 0 aromatic carbocycles. The highest BCUT2D eigenvalue weighted by atomic mass is 32.2. The predicted octanol–water partition coefficient (Wildman–Crippen LogP) is 0.233. The van der Waals surface area contributed by atoms with Crippen molar-refractivity contribution < 1.29 is 9.53 Å². The van der Waals surface area contributed by atoms with Gasteiger partial charge in [0.1, 0.15) is 6.04 Å². The molecule has 102 valence electrons. The normalized spacial score (nSPS) is 12.4. The summed E-state index contributed by atoms with van der Waals surface area (Å²) in [5.74, 6) is 0.320. The fraction of sp³-hybridized carbons (Fsp3) is 0.800. The van der Waals surface area contributed by atoms with E-state index in [2.05, 4.69) is 27.8 Å². The average molecular weight is 273 g/mol. The quantitative estimate of drug-likeness (QED) is 0.536. The van der Waals surface area contributed by atoms with Crippen LogP contribution in [0.5, 0.6) is 0 Å². The van der Waals surface area contributed by atoms with Gasteiger partial charge in [0.2, 0.25) is 5.16 Å². The summed E-state index contributed by atoms with van der Waals surface area (Å²) in [5.41, 5.74) is 0. The Bertz CT molecular complexity index is 371. The van der Waals surface area contributed by atoms with E-state index in [1.54, 1.807) is 18.7 Å². The van der Waals surface area contributed by atoms with E-state index in [9.17, 15) is 4.79 Å². The summed E-state index contributed by atoms with van der Waals surface area (Å²) in [7, 11) is 1.77. The molecule has 1 heterocycles. The van der Waals surface area contributed by atoms with Gasteiger partial charge in [0.25, 0.3) is 0 Å². The van der Waals surface area contributed by atoms with Gasteiger partial charge in [-0.15, -0.1) is 5.10 Å². The molecule has 1 unspecified atom stereocenters. The maximum atomic E-state index is 11.7. The monoisotopic (exact) mass is 273 g/mol. The van der Waals surface area contributed by atoms with Crippen molar-refractivity contribution in [2.45, 2.75) is 31.5 Å². The number of hydrogen-bond acceptors (Lipinski definition) is 7. The number of aromatic nitrogens is 4. The molecule has 0 fully saturated rings. The maximum absolute atomic E-state index is 11.7. The number of carbonyl (C=O) groups excluding carboxylic acids is 1.